The molecule has 1 aromatic rings. The van der Waals surface area contributed by atoms with Crippen LogP contribution >= 0.6 is 11.6 Å². The first kappa shape index (κ1) is 13.5. The van der Waals surface area contributed by atoms with Crippen LogP contribution in [0.2, 0.25) is 5.02 Å². The first-order chi connectivity index (χ1) is 7.58. The molecule has 1 aliphatic rings. The van der Waals surface area contributed by atoms with Crippen LogP contribution in [0, 0.1) is 0 Å². The molecule has 2 rings (SSSR count). The summed E-state index contributed by atoms with van der Waals surface area (Å²) in [4.78, 5) is 2.31. The van der Waals surface area contributed by atoms with Crippen molar-refractivity contribution in [1.29, 1.82) is 0 Å². The lowest BCUT2D eigenvalue weighted by atomic mass is 9.98. The summed E-state index contributed by atoms with van der Waals surface area (Å²) < 4.78 is 0. The number of fused-ring (bicyclic) bond motifs is 1. The van der Waals surface area contributed by atoms with Gasteiger partial charge in [0.25, 0.3) is 0 Å². The van der Waals surface area contributed by atoms with Crippen LogP contribution in [-0.2, 0) is 13.1 Å². The standard InChI is InChI=1S/C12H16ClN.C2H6/c1-8(2)11-4-9-6-14(3)7-10(9)5-12(11)13;1-2/h4-5,8H,6-7H2,1-3H3;1-2H3. The fraction of sp³-hybridized carbons (Fsp3) is 0.571. The van der Waals surface area contributed by atoms with E-state index in [1.165, 1.54) is 16.7 Å². The number of rotatable bonds is 1. The Morgan fingerprint density at radius 3 is 2.12 bits per heavy atom. The third-order valence-electron chi connectivity index (χ3n) is 2.82. The van der Waals surface area contributed by atoms with Gasteiger partial charge in [-0.15, -0.1) is 0 Å². The molecule has 0 saturated heterocycles. The summed E-state index contributed by atoms with van der Waals surface area (Å²) in [6.45, 7) is 10.5. The van der Waals surface area contributed by atoms with E-state index in [2.05, 4.69) is 37.9 Å². The van der Waals surface area contributed by atoms with E-state index in [9.17, 15) is 0 Å². The van der Waals surface area contributed by atoms with E-state index in [1.54, 1.807) is 0 Å². The fourth-order valence-corrected chi connectivity index (χ4v) is 2.46. The van der Waals surface area contributed by atoms with Gasteiger partial charge in [0.2, 0.25) is 0 Å². The van der Waals surface area contributed by atoms with Crippen molar-refractivity contribution in [1.82, 2.24) is 4.90 Å². The summed E-state index contributed by atoms with van der Waals surface area (Å²) in [7, 11) is 2.14. The van der Waals surface area contributed by atoms with Gasteiger partial charge < -0.3 is 0 Å². The van der Waals surface area contributed by atoms with Crippen molar-refractivity contribution in [2.45, 2.75) is 46.7 Å². The van der Waals surface area contributed by atoms with Gasteiger partial charge in [0.05, 0.1) is 0 Å². The Morgan fingerprint density at radius 1 is 1.12 bits per heavy atom. The highest BCUT2D eigenvalue weighted by Crippen LogP contribution is 2.31. The van der Waals surface area contributed by atoms with E-state index in [0.717, 1.165) is 18.1 Å². The first-order valence-corrected chi connectivity index (χ1v) is 6.45. The SMILES string of the molecule is CC.CC(C)c1cc2c(cc1Cl)CN(C)C2. The van der Waals surface area contributed by atoms with E-state index in [4.69, 9.17) is 11.6 Å². The zero-order valence-electron chi connectivity index (χ0n) is 11.0. The number of hydrogen-bond acceptors (Lipinski definition) is 1. The van der Waals surface area contributed by atoms with Gasteiger partial charge in [0.1, 0.15) is 0 Å². The van der Waals surface area contributed by atoms with Crippen molar-refractivity contribution in [2.24, 2.45) is 0 Å². The summed E-state index contributed by atoms with van der Waals surface area (Å²) >= 11 is 6.23. The average Bonchev–Trinajstić information content (AvgIpc) is 2.58. The molecule has 0 N–H and O–H groups in total. The molecule has 0 spiro atoms. The quantitative estimate of drug-likeness (QED) is 0.701. The highest BCUT2D eigenvalue weighted by molar-refractivity contribution is 6.31. The van der Waals surface area contributed by atoms with Crippen LogP contribution in [0.5, 0.6) is 0 Å². The molecule has 2 heteroatoms. The molecule has 0 unspecified atom stereocenters. The molecule has 90 valence electrons. The van der Waals surface area contributed by atoms with Gasteiger partial charge in [-0.2, -0.15) is 0 Å². The molecular formula is C14H22ClN. The molecular weight excluding hydrogens is 218 g/mol. The smallest absolute Gasteiger partial charge is 0.0444 e. The third-order valence-corrected chi connectivity index (χ3v) is 3.15. The van der Waals surface area contributed by atoms with Gasteiger partial charge in [-0.25, -0.2) is 0 Å². The molecule has 0 saturated carbocycles. The maximum absolute atomic E-state index is 6.23. The number of benzene rings is 1. The van der Waals surface area contributed by atoms with E-state index in [1.807, 2.05) is 13.8 Å². The average molecular weight is 240 g/mol. The molecule has 0 amide bonds. The Kier molecular flexibility index (Phi) is 4.82. The number of halogens is 1. The van der Waals surface area contributed by atoms with Crippen molar-refractivity contribution < 1.29 is 0 Å². The molecule has 1 aliphatic heterocycles. The third kappa shape index (κ3) is 2.78. The Bertz CT molecular complexity index is 358. The second-order valence-electron chi connectivity index (χ2n) is 4.47. The van der Waals surface area contributed by atoms with Crippen molar-refractivity contribution in [2.75, 3.05) is 7.05 Å². The predicted molar refractivity (Wildman–Crippen MR) is 72.1 cm³/mol. The van der Waals surface area contributed by atoms with Crippen molar-refractivity contribution in [3.8, 4) is 0 Å². The maximum atomic E-state index is 6.23. The predicted octanol–water partition coefficient (Wildman–Crippen LogP) is 4.44. The minimum atomic E-state index is 0.513. The Labute approximate surface area is 104 Å². The van der Waals surface area contributed by atoms with Crippen molar-refractivity contribution in [3.05, 3.63) is 33.8 Å². The molecule has 16 heavy (non-hydrogen) atoms. The van der Waals surface area contributed by atoms with E-state index < -0.39 is 0 Å². The lowest BCUT2D eigenvalue weighted by Gasteiger charge is -2.10. The minimum Gasteiger partial charge on any atom is -0.298 e. The largest absolute Gasteiger partial charge is 0.298 e. The van der Waals surface area contributed by atoms with E-state index in [0.29, 0.717) is 5.92 Å². The summed E-state index contributed by atoms with van der Waals surface area (Å²) in [6.07, 6.45) is 0. The van der Waals surface area contributed by atoms with Crippen molar-refractivity contribution in [3.63, 3.8) is 0 Å². The van der Waals surface area contributed by atoms with Crippen LogP contribution in [0.15, 0.2) is 12.1 Å². The van der Waals surface area contributed by atoms with Crippen LogP contribution in [0.1, 0.15) is 50.3 Å². The van der Waals surface area contributed by atoms with Gasteiger partial charge in [0, 0.05) is 18.1 Å². The normalized spacial score (nSPS) is 14.7. The summed E-state index contributed by atoms with van der Waals surface area (Å²) in [5.41, 5.74) is 4.11. The second-order valence-corrected chi connectivity index (χ2v) is 4.88. The van der Waals surface area contributed by atoms with Crippen LogP contribution in [0.4, 0.5) is 0 Å². The molecule has 1 heterocycles. The Balaban J connectivity index is 0.000000606. The highest BCUT2D eigenvalue weighted by atomic mass is 35.5. The van der Waals surface area contributed by atoms with Crippen molar-refractivity contribution >= 4 is 11.6 Å². The van der Waals surface area contributed by atoms with Gasteiger partial charge in [0.15, 0.2) is 0 Å². The molecule has 0 aliphatic carbocycles. The lowest BCUT2D eigenvalue weighted by molar-refractivity contribution is 0.353. The maximum Gasteiger partial charge on any atom is 0.0444 e. The summed E-state index contributed by atoms with van der Waals surface area (Å²) in [5.74, 6) is 0.513. The molecule has 1 aromatic carbocycles. The van der Waals surface area contributed by atoms with Crippen LogP contribution < -0.4 is 0 Å². The molecule has 0 aromatic heterocycles. The highest BCUT2D eigenvalue weighted by Gasteiger charge is 2.18. The van der Waals surface area contributed by atoms with Gasteiger partial charge in [-0.3, -0.25) is 4.90 Å². The minimum absolute atomic E-state index is 0.513. The number of nitrogens with zero attached hydrogens (tertiary/aromatic N) is 1. The zero-order chi connectivity index (χ0) is 12.3. The lowest BCUT2D eigenvalue weighted by Crippen LogP contribution is -2.07. The summed E-state index contributed by atoms with van der Waals surface area (Å²) in [5, 5.41) is 0.925. The molecule has 0 bridgehead atoms. The monoisotopic (exact) mass is 239 g/mol. The fourth-order valence-electron chi connectivity index (χ4n) is 2.05. The van der Waals surface area contributed by atoms with Crippen LogP contribution in [0.25, 0.3) is 0 Å². The van der Waals surface area contributed by atoms with E-state index >= 15 is 0 Å². The summed E-state index contributed by atoms with van der Waals surface area (Å²) in [6, 6.07) is 4.40. The van der Waals surface area contributed by atoms with Gasteiger partial charge in [-0.05, 0) is 35.7 Å². The van der Waals surface area contributed by atoms with Gasteiger partial charge >= 0.3 is 0 Å². The van der Waals surface area contributed by atoms with E-state index in [-0.39, 0.29) is 0 Å². The van der Waals surface area contributed by atoms with Gasteiger partial charge in [-0.1, -0.05) is 45.4 Å². The second kappa shape index (κ2) is 5.70. The molecule has 0 fully saturated rings. The number of hydrogen-bond donors (Lipinski definition) is 0. The Hall–Kier alpha value is -0.530. The molecule has 0 atom stereocenters. The molecule has 1 nitrogen and oxygen atoms in total. The Morgan fingerprint density at radius 2 is 1.62 bits per heavy atom. The topological polar surface area (TPSA) is 3.24 Å². The molecule has 0 radical (unpaired) electrons. The van der Waals surface area contributed by atoms with Crippen LogP contribution in [-0.4, -0.2) is 11.9 Å². The zero-order valence-corrected chi connectivity index (χ0v) is 11.7. The first-order valence-electron chi connectivity index (χ1n) is 6.07. The van der Waals surface area contributed by atoms with Crippen LogP contribution in [0.3, 0.4) is 0 Å².